The molecule has 0 saturated carbocycles. The first-order chi connectivity index (χ1) is 11.3. The van der Waals surface area contributed by atoms with Crippen LogP contribution in [0, 0.1) is 25.5 Å². The summed E-state index contributed by atoms with van der Waals surface area (Å²) in [7, 11) is -3.81. The predicted octanol–water partition coefficient (Wildman–Crippen LogP) is 3.33. The average molecular weight is 352 g/mol. The molecule has 0 aliphatic heterocycles. The van der Waals surface area contributed by atoms with Crippen LogP contribution in [0.2, 0.25) is 0 Å². The van der Waals surface area contributed by atoms with Crippen LogP contribution in [0.5, 0.6) is 0 Å². The Labute approximate surface area is 140 Å². The topological polar surface area (TPSA) is 59.1 Å². The van der Waals surface area contributed by atoms with E-state index in [9.17, 15) is 17.2 Å². The Morgan fingerprint density at radius 1 is 1.12 bits per heavy atom. The van der Waals surface area contributed by atoms with E-state index in [-0.39, 0.29) is 4.90 Å². The third-order valence-electron chi connectivity index (χ3n) is 4.15. The van der Waals surface area contributed by atoms with Gasteiger partial charge in [-0.1, -0.05) is 0 Å². The Kier molecular flexibility index (Phi) is 4.40. The van der Waals surface area contributed by atoms with Crippen LogP contribution in [0.25, 0.3) is 0 Å². The standard InChI is InChI=1S/C17H18F2N2O2S/c1-10-6-13(7-11(2)20-10)24(22,23)21-17-5-3-4-14-15(17)8-12(18)9-16(14)19/h6-9,17,21H,3-5H2,1-2H3/t17-/m0/s1. The van der Waals surface area contributed by atoms with Crippen LogP contribution in [0.3, 0.4) is 0 Å². The fourth-order valence-electron chi connectivity index (χ4n) is 3.17. The minimum Gasteiger partial charge on any atom is -0.258 e. The Bertz CT molecular complexity index is 877. The predicted molar refractivity (Wildman–Crippen MR) is 86.1 cm³/mol. The fraction of sp³-hybridized carbons (Fsp3) is 0.353. The van der Waals surface area contributed by atoms with Gasteiger partial charge in [0.2, 0.25) is 10.0 Å². The number of hydrogen-bond acceptors (Lipinski definition) is 3. The van der Waals surface area contributed by atoms with E-state index in [4.69, 9.17) is 0 Å². The molecule has 4 nitrogen and oxygen atoms in total. The van der Waals surface area contributed by atoms with Crippen LogP contribution >= 0.6 is 0 Å². The van der Waals surface area contributed by atoms with Gasteiger partial charge in [-0.05, 0) is 62.4 Å². The molecule has 0 amide bonds. The van der Waals surface area contributed by atoms with Gasteiger partial charge in [-0.25, -0.2) is 21.9 Å². The number of nitrogens with zero attached hydrogens (tertiary/aromatic N) is 1. The van der Waals surface area contributed by atoms with Crippen molar-refractivity contribution < 1.29 is 17.2 Å². The molecule has 1 aliphatic carbocycles. The molecule has 0 fully saturated rings. The van der Waals surface area contributed by atoms with Gasteiger partial charge in [0.25, 0.3) is 0 Å². The summed E-state index contributed by atoms with van der Waals surface area (Å²) in [6.07, 6.45) is 1.61. The number of fused-ring (bicyclic) bond motifs is 1. The highest BCUT2D eigenvalue weighted by Crippen LogP contribution is 2.33. The van der Waals surface area contributed by atoms with Crippen LogP contribution in [0.4, 0.5) is 8.78 Å². The van der Waals surface area contributed by atoms with Gasteiger partial charge < -0.3 is 0 Å². The first kappa shape index (κ1) is 17.0. The molecule has 2 aromatic rings. The maximum absolute atomic E-state index is 13.9. The third-order valence-corrected chi connectivity index (χ3v) is 5.60. The molecule has 0 spiro atoms. The molecule has 0 bridgehead atoms. The van der Waals surface area contributed by atoms with Gasteiger partial charge >= 0.3 is 0 Å². The van der Waals surface area contributed by atoms with E-state index in [1.807, 2.05) is 0 Å². The second-order valence-electron chi connectivity index (χ2n) is 6.11. The molecule has 0 unspecified atom stereocenters. The zero-order chi connectivity index (χ0) is 17.5. The number of sulfonamides is 1. The summed E-state index contributed by atoms with van der Waals surface area (Å²) in [5.74, 6) is -1.32. The van der Waals surface area contributed by atoms with Crippen LogP contribution in [0.1, 0.15) is 41.4 Å². The molecule has 1 aromatic heterocycles. The number of hydrogen-bond donors (Lipinski definition) is 1. The van der Waals surface area contributed by atoms with Gasteiger partial charge in [0.05, 0.1) is 4.90 Å². The summed E-state index contributed by atoms with van der Waals surface area (Å²) in [6.45, 7) is 3.43. The van der Waals surface area contributed by atoms with Crippen molar-refractivity contribution in [2.45, 2.75) is 44.0 Å². The zero-order valence-electron chi connectivity index (χ0n) is 13.4. The van der Waals surface area contributed by atoms with Crippen molar-refractivity contribution in [3.63, 3.8) is 0 Å². The number of benzene rings is 1. The van der Waals surface area contributed by atoms with Gasteiger partial charge in [0.15, 0.2) is 0 Å². The van der Waals surface area contributed by atoms with E-state index in [0.29, 0.717) is 41.8 Å². The van der Waals surface area contributed by atoms with Crippen molar-refractivity contribution in [1.29, 1.82) is 0 Å². The number of nitrogens with one attached hydrogen (secondary N) is 1. The van der Waals surface area contributed by atoms with Crippen LogP contribution in [0.15, 0.2) is 29.2 Å². The van der Waals surface area contributed by atoms with Gasteiger partial charge in [-0.2, -0.15) is 0 Å². The lowest BCUT2D eigenvalue weighted by molar-refractivity contribution is 0.482. The summed E-state index contributed by atoms with van der Waals surface area (Å²) >= 11 is 0. The van der Waals surface area contributed by atoms with Crippen LogP contribution < -0.4 is 4.72 Å². The maximum atomic E-state index is 13.9. The molecule has 1 aliphatic rings. The summed E-state index contributed by atoms with van der Waals surface area (Å²) in [5.41, 5.74) is 1.95. The monoisotopic (exact) mass is 352 g/mol. The first-order valence-electron chi connectivity index (χ1n) is 7.72. The lowest BCUT2D eigenvalue weighted by Gasteiger charge is -2.26. The summed E-state index contributed by atoms with van der Waals surface area (Å²) in [6, 6.07) is 4.37. The van der Waals surface area contributed by atoms with Crippen molar-refractivity contribution in [2.75, 3.05) is 0 Å². The number of rotatable bonds is 3. The zero-order valence-corrected chi connectivity index (χ0v) is 14.3. The lowest BCUT2D eigenvalue weighted by atomic mass is 9.88. The van der Waals surface area contributed by atoms with Gasteiger partial charge in [0, 0.05) is 23.5 Å². The first-order valence-corrected chi connectivity index (χ1v) is 9.20. The van der Waals surface area contributed by atoms with Crippen molar-refractivity contribution in [2.24, 2.45) is 0 Å². The largest absolute Gasteiger partial charge is 0.258 e. The van der Waals surface area contributed by atoms with Crippen molar-refractivity contribution in [3.05, 3.63) is 58.4 Å². The molecule has 24 heavy (non-hydrogen) atoms. The van der Waals surface area contributed by atoms with Crippen molar-refractivity contribution in [3.8, 4) is 0 Å². The average Bonchev–Trinajstić information content (AvgIpc) is 2.47. The quantitative estimate of drug-likeness (QED) is 0.922. The molecule has 0 saturated heterocycles. The summed E-state index contributed by atoms with van der Waals surface area (Å²) < 4.78 is 55.4. The molecule has 1 aromatic carbocycles. The SMILES string of the molecule is Cc1cc(S(=O)(=O)N[C@H]2CCCc3c(F)cc(F)cc32)cc(C)n1. The van der Waals surface area contributed by atoms with Gasteiger partial charge in [-0.15, -0.1) is 0 Å². The highest BCUT2D eigenvalue weighted by atomic mass is 32.2. The molecule has 1 N–H and O–H groups in total. The van der Waals surface area contributed by atoms with E-state index in [1.165, 1.54) is 18.2 Å². The Morgan fingerprint density at radius 3 is 2.46 bits per heavy atom. The maximum Gasteiger partial charge on any atom is 0.241 e. The number of aromatic nitrogens is 1. The Balaban J connectivity index is 1.98. The molecule has 1 atom stereocenters. The molecule has 0 radical (unpaired) electrons. The molecule has 128 valence electrons. The highest BCUT2D eigenvalue weighted by Gasteiger charge is 2.28. The highest BCUT2D eigenvalue weighted by molar-refractivity contribution is 7.89. The van der Waals surface area contributed by atoms with Crippen LogP contribution in [-0.4, -0.2) is 13.4 Å². The summed E-state index contributed by atoms with van der Waals surface area (Å²) in [4.78, 5) is 4.27. The van der Waals surface area contributed by atoms with Gasteiger partial charge in [-0.3, -0.25) is 4.98 Å². The molecular weight excluding hydrogens is 334 g/mol. The summed E-state index contributed by atoms with van der Waals surface area (Å²) in [5, 5.41) is 0. The van der Waals surface area contributed by atoms with E-state index in [0.717, 1.165) is 6.07 Å². The van der Waals surface area contributed by atoms with Crippen molar-refractivity contribution in [1.82, 2.24) is 9.71 Å². The molecule has 3 rings (SSSR count). The Morgan fingerprint density at radius 2 is 1.79 bits per heavy atom. The van der Waals surface area contributed by atoms with E-state index >= 15 is 0 Å². The minimum absolute atomic E-state index is 0.108. The third kappa shape index (κ3) is 3.32. The second-order valence-corrected chi connectivity index (χ2v) is 7.82. The number of halogens is 2. The van der Waals surface area contributed by atoms with Crippen LogP contribution in [-0.2, 0) is 16.4 Å². The minimum atomic E-state index is -3.81. The molecule has 7 heteroatoms. The number of pyridine rings is 1. The second kappa shape index (κ2) is 6.22. The van der Waals surface area contributed by atoms with Crippen molar-refractivity contribution >= 4 is 10.0 Å². The normalized spacial score (nSPS) is 17.6. The van der Waals surface area contributed by atoms with E-state index in [1.54, 1.807) is 13.8 Å². The number of aryl methyl sites for hydroxylation is 2. The van der Waals surface area contributed by atoms with E-state index in [2.05, 4.69) is 9.71 Å². The van der Waals surface area contributed by atoms with Gasteiger partial charge in [0.1, 0.15) is 11.6 Å². The smallest absolute Gasteiger partial charge is 0.241 e. The fourth-order valence-corrected chi connectivity index (χ4v) is 4.57. The van der Waals surface area contributed by atoms with E-state index < -0.39 is 27.7 Å². The Hall–Kier alpha value is -1.86. The molecular formula is C17H18F2N2O2S. The lowest BCUT2D eigenvalue weighted by Crippen LogP contribution is -2.31. The molecule has 1 heterocycles.